The quantitative estimate of drug-likeness (QED) is 0.451. The molecule has 3 rings (SSSR count). The summed E-state index contributed by atoms with van der Waals surface area (Å²) >= 11 is 23.4. The lowest BCUT2D eigenvalue weighted by atomic mass is 10.0. The van der Waals surface area contributed by atoms with Crippen LogP contribution < -0.4 is 4.90 Å². The normalized spacial score (nSPS) is 10.8. The maximum Gasteiger partial charge on any atom is 0.300 e. The molecule has 0 N–H and O–H groups in total. The summed E-state index contributed by atoms with van der Waals surface area (Å²) in [4.78, 5) is 25.1. The minimum absolute atomic E-state index is 0.0374. The van der Waals surface area contributed by atoms with E-state index in [9.17, 15) is 14.8 Å². The third kappa shape index (κ3) is 3.41. The molecule has 0 aliphatic heterocycles. The standard InChI is InChI=1S/C16H6Cl4N2O4/c17-9-3-1-7(5-11(9)19)15(23)13-14(22(25)26-21-13)16(24)8-2-4-10(18)12(20)6-8/h1-6H. The third-order valence-electron chi connectivity index (χ3n) is 3.41. The number of aromatic nitrogens is 2. The van der Waals surface area contributed by atoms with Crippen LogP contribution in [0.3, 0.4) is 0 Å². The maximum atomic E-state index is 12.6. The van der Waals surface area contributed by atoms with Gasteiger partial charge < -0.3 is 5.21 Å². The molecule has 0 spiro atoms. The van der Waals surface area contributed by atoms with Crippen molar-refractivity contribution in [2.45, 2.75) is 0 Å². The van der Waals surface area contributed by atoms with Crippen LogP contribution in [0.25, 0.3) is 0 Å². The van der Waals surface area contributed by atoms with Gasteiger partial charge in [0, 0.05) is 11.1 Å². The number of ketones is 2. The predicted molar refractivity (Wildman–Crippen MR) is 95.3 cm³/mol. The van der Waals surface area contributed by atoms with Crippen molar-refractivity contribution in [3.05, 3.63) is 84.2 Å². The molecule has 0 fully saturated rings. The Morgan fingerprint density at radius 3 is 1.85 bits per heavy atom. The van der Waals surface area contributed by atoms with Crippen molar-refractivity contribution in [3.8, 4) is 0 Å². The van der Waals surface area contributed by atoms with E-state index in [4.69, 9.17) is 46.4 Å². The second-order valence-electron chi connectivity index (χ2n) is 5.04. The van der Waals surface area contributed by atoms with Crippen LogP contribution in [-0.4, -0.2) is 16.7 Å². The fourth-order valence-electron chi connectivity index (χ4n) is 2.14. The number of carbonyl (C=O) groups is 2. The molecule has 0 saturated heterocycles. The van der Waals surface area contributed by atoms with E-state index in [2.05, 4.69) is 9.79 Å². The number of hydrogen-bond donors (Lipinski definition) is 0. The van der Waals surface area contributed by atoms with E-state index in [-0.39, 0.29) is 36.1 Å². The Labute approximate surface area is 166 Å². The SMILES string of the molecule is O=C(c1ccc(Cl)c(Cl)c1)c1no[n+]([O-])c1C(=O)c1ccc(Cl)c(Cl)c1. The molecule has 0 amide bonds. The lowest BCUT2D eigenvalue weighted by Crippen LogP contribution is -2.33. The van der Waals surface area contributed by atoms with Crippen molar-refractivity contribution >= 4 is 58.0 Å². The van der Waals surface area contributed by atoms with Crippen LogP contribution in [-0.2, 0) is 0 Å². The molecule has 2 aromatic carbocycles. The lowest BCUT2D eigenvalue weighted by Gasteiger charge is -2.02. The Kier molecular flexibility index (Phi) is 5.20. The van der Waals surface area contributed by atoms with E-state index in [0.29, 0.717) is 0 Å². The van der Waals surface area contributed by atoms with Gasteiger partial charge in [0.25, 0.3) is 11.4 Å². The Morgan fingerprint density at radius 1 is 0.846 bits per heavy atom. The zero-order valence-electron chi connectivity index (χ0n) is 12.5. The van der Waals surface area contributed by atoms with Crippen LogP contribution in [0.1, 0.15) is 32.1 Å². The summed E-state index contributed by atoms with van der Waals surface area (Å²) < 4.78 is 4.44. The van der Waals surface area contributed by atoms with Gasteiger partial charge in [0.1, 0.15) is 0 Å². The van der Waals surface area contributed by atoms with Crippen LogP contribution in [0.15, 0.2) is 41.0 Å². The highest BCUT2D eigenvalue weighted by Gasteiger charge is 2.33. The van der Waals surface area contributed by atoms with Crippen molar-refractivity contribution in [2.75, 3.05) is 0 Å². The lowest BCUT2D eigenvalue weighted by molar-refractivity contribution is -0.803. The first-order valence-corrected chi connectivity index (χ1v) is 8.40. The van der Waals surface area contributed by atoms with Crippen molar-refractivity contribution in [2.24, 2.45) is 0 Å². The summed E-state index contributed by atoms with van der Waals surface area (Å²) in [5.41, 5.74) is -0.930. The summed E-state index contributed by atoms with van der Waals surface area (Å²) in [7, 11) is 0. The fourth-order valence-corrected chi connectivity index (χ4v) is 2.73. The van der Waals surface area contributed by atoms with Crippen LogP contribution >= 0.6 is 46.4 Å². The van der Waals surface area contributed by atoms with Gasteiger partial charge in [-0.2, -0.15) is 0 Å². The number of carbonyl (C=O) groups excluding carboxylic acids is 2. The molecule has 6 nitrogen and oxygen atoms in total. The minimum Gasteiger partial charge on any atom is -0.359 e. The van der Waals surface area contributed by atoms with Crippen LogP contribution in [0.2, 0.25) is 20.1 Å². The van der Waals surface area contributed by atoms with Crippen LogP contribution in [0, 0.1) is 5.21 Å². The number of rotatable bonds is 4. The number of hydrogen-bond acceptors (Lipinski definition) is 5. The number of halogens is 4. The monoisotopic (exact) mass is 430 g/mol. The zero-order valence-corrected chi connectivity index (χ0v) is 15.5. The molecule has 0 aliphatic rings. The first-order valence-electron chi connectivity index (χ1n) is 6.89. The molecule has 26 heavy (non-hydrogen) atoms. The second kappa shape index (κ2) is 7.25. The van der Waals surface area contributed by atoms with E-state index >= 15 is 0 Å². The molecule has 3 aromatic rings. The number of benzene rings is 2. The molecule has 0 bridgehead atoms. The first kappa shape index (κ1) is 18.7. The fraction of sp³-hybridized carbons (Fsp3) is 0. The van der Waals surface area contributed by atoms with Crippen molar-refractivity contribution in [1.82, 2.24) is 5.16 Å². The number of nitrogens with zero attached hydrogens (tertiary/aromatic N) is 2. The van der Waals surface area contributed by atoms with E-state index in [0.717, 1.165) is 0 Å². The molecule has 0 aliphatic carbocycles. The van der Waals surface area contributed by atoms with Gasteiger partial charge in [0.15, 0.2) is 0 Å². The topological polar surface area (TPSA) is 87.1 Å². The third-order valence-corrected chi connectivity index (χ3v) is 4.88. The van der Waals surface area contributed by atoms with E-state index in [1.807, 2.05) is 0 Å². The Bertz CT molecular complexity index is 1050. The Morgan fingerprint density at radius 2 is 1.35 bits per heavy atom. The average molecular weight is 432 g/mol. The van der Waals surface area contributed by atoms with Crippen molar-refractivity contribution in [3.63, 3.8) is 0 Å². The van der Waals surface area contributed by atoms with Crippen LogP contribution in [0.5, 0.6) is 0 Å². The summed E-state index contributed by atoms with van der Waals surface area (Å²) in [5, 5.41) is 16.0. The minimum atomic E-state index is -0.803. The van der Waals surface area contributed by atoms with E-state index < -0.39 is 23.0 Å². The highest BCUT2D eigenvalue weighted by molar-refractivity contribution is 6.43. The van der Waals surface area contributed by atoms with Gasteiger partial charge in [-0.15, -0.1) is 0 Å². The Hall–Kier alpha value is -2.12. The van der Waals surface area contributed by atoms with Gasteiger partial charge in [-0.3, -0.25) is 14.2 Å². The highest BCUT2D eigenvalue weighted by Crippen LogP contribution is 2.26. The first-order chi connectivity index (χ1) is 12.3. The summed E-state index contributed by atoms with van der Waals surface area (Å²) in [5.74, 6) is -1.53. The molecule has 10 heteroatoms. The molecule has 1 heterocycles. The molecule has 1 aromatic heterocycles. The Balaban J connectivity index is 2.05. The van der Waals surface area contributed by atoms with Crippen LogP contribution in [0.4, 0.5) is 0 Å². The van der Waals surface area contributed by atoms with E-state index in [1.165, 1.54) is 36.4 Å². The summed E-state index contributed by atoms with van der Waals surface area (Å²) in [6.45, 7) is 0. The maximum absolute atomic E-state index is 12.6. The molecular formula is C16H6Cl4N2O4. The molecule has 0 atom stereocenters. The van der Waals surface area contributed by atoms with Gasteiger partial charge in [-0.1, -0.05) is 46.4 Å². The second-order valence-corrected chi connectivity index (χ2v) is 6.67. The molecule has 132 valence electrons. The smallest absolute Gasteiger partial charge is 0.300 e. The molecular weight excluding hydrogens is 426 g/mol. The average Bonchev–Trinajstić information content (AvgIpc) is 3.00. The molecule has 0 saturated carbocycles. The highest BCUT2D eigenvalue weighted by atomic mass is 35.5. The van der Waals surface area contributed by atoms with Gasteiger partial charge in [-0.25, -0.2) is 0 Å². The van der Waals surface area contributed by atoms with Crippen molar-refractivity contribution in [1.29, 1.82) is 0 Å². The molecule has 0 radical (unpaired) electrons. The van der Waals surface area contributed by atoms with E-state index in [1.54, 1.807) is 0 Å². The van der Waals surface area contributed by atoms with Crippen molar-refractivity contribution < 1.29 is 19.1 Å². The summed E-state index contributed by atoms with van der Waals surface area (Å²) in [6.07, 6.45) is 0. The van der Waals surface area contributed by atoms with Gasteiger partial charge >= 0.3 is 0 Å². The summed E-state index contributed by atoms with van der Waals surface area (Å²) in [6, 6.07) is 8.10. The largest absolute Gasteiger partial charge is 0.359 e. The zero-order chi connectivity index (χ0) is 19.0. The van der Waals surface area contributed by atoms with Gasteiger partial charge in [0.2, 0.25) is 11.6 Å². The van der Waals surface area contributed by atoms with Gasteiger partial charge in [-0.05, 0) is 41.3 Å². The van der Waals surface area contributed by atoms with Gasteiger partial charge in [0.05, 0.1) is 25.2 Å². The predicted octanol–water partition coefficient (Wildman–Crippen LogP) is 4.38. The molecule has 0 unspecified atom stereocenters.